The molecule has 2 heteroatoms. The van der Waals surface area contributed by atoms with Crippen molar-refractivity contribution in [3.8, 4) is 0 Å². The van der Waals surface area contributed by atoms with Crippen molar-refractivity contribution in [3.05, 3.63) is 35.9 Å². The fraction of sp³-hybridized carbons (Fsp3) is 0.455. The van der Waals surface area contributed by atoms with E-state index < -0.39 is 0 Å². The minimum Gasteiger partial charge on any atom is -0.417 e. The first-order valence-electron chi connectivity index (χ1n) is 4.82. The summed E-state index contributed by atoms with van der Waals surface area (Å²) in [6.45, 7) is 3.05. The first kappa shape index (κ1) is 10.5. The Morgan fingerprint density at radius 2 is 2.00 bits per heavy atom. The van der Waals surface area contributed by atoms with Crippen molar-refractivity contribution in [1.82, 2.24) is 0 Å². The summed E-state index contributed by atoms with van der Waals surface area (Å²) in [5.74, 6) is 0. The Morgan fingerprint density at radius 1 is 1.23 bits per heavy atom. The van der Waals surface area contributed by atoms with E-state index in [1.807, 2.05) is 6.07 Å². The Morgan fingerprint density at radius 3 is 2.69 bits per heavy atom. The van der Waals surface area contributed by atoms with E-state index in [2.05, 4.69) is 31.2 Å². The molecule has 0 bridgehead atoms. The molecule has 0 fully saturated rings. The van der Waals surface area contributed by atoms with Crippen LogP contribution in [0.1, 0.15) is 18.9 Å². The predicted molar refractivity (Wildman–Crippen MR) is 57.0 cm³/mol. The fourth-order valence-corrected chi connectivity index (χ4v) is 1.65. The van der Waals surface area contributed by atoms with Gasteiger partial charge in [-0.05, 0) is 18.0 Å². The molecule has 1 nitrogen and oxygen atoms in total. The summed E-state index contributed by atoms with van der Waals surface area (Å²) in [6, 6.07) is 11.7. The van der Waals surface area contributed by atoms with Crippen molar-refractivity contribution in [2.75, 3.05) is 6.61 Å². The Labute approximate surface area is 83.1 Å². The lowest BCUT2D eigenvalue weighted by Gasteiger charge is -2.01. The summed E-state index contributed by atoms with van der Waals surface area (Å²) in [7, 11) is 0.684. The average molecular weight is 192 g/mol. The topological polar surface area (TPSA) is 9.23 Å². The van der Waals surface area contributed by atoms with Crippen LogP contribution in [0.15, 0.2) is 30.3 Å². The Bertz CT molecular complexity index is 211. The highest BCUT2D eigenvalue weighted by Gasteiger charge is 1.92. The van der Waals surface area contributed by atoms with Crippen LogP contribution >= 0.6 is 0 Å². The van der Waals surface area contributed by atoms with Crippen molar-refractivity contribution in [2.45, 2.75) is 25.8 Å². The van der Waals surface area contributed by atoms with Gasteiger partial charge >= 0.3 is 0 Å². The van der Waals surface area contributed by atoms with Crippen molar-refractivity contribution >= 4 is 9.76 Å². The normalized spacial score (nSPS) is 10.2. The molecule has 0 aliphatic carbocycles. The average Bonchev–Trinajstić information content (AvgIpc) is 2.19. The van der Waals surface area contributed by atoms with Crippen LogP contribution < -0.4 is 0 Å². The molecule has 1 rings (SSSR count). The minimum absolute atomic E-state index is 0.684. The first-order chi connectivity index (χ1) is 6.43. The highest BCUT2D eigenvalue weighted by atomic mass is 28.2. The summed E-state index contributed by atoms with van der Waals surface area (Å²) in [5.41, 5.74) is 1.36. The minimum atomic E-state index is 0.684. The molecule has 0 aliphatic rings. The Kier molecular flexibility index (Phi) is 5.53. The predicted octanol–water partition coefficient (Wildman–Crippen LogP) is 2.69. The zero-order valence-corrected chi connectivity index (χ0v) is 9.12. The summed E-state index contributed by atoms with van der Waals surface area (Å²) >= 11 is 0. The van der Waals surface area contributed by atoms with E-state index in [0.717, 1.165) is 13.0 Å². The van der Waals surface area contributed by atoms with Gasteiger partial charge in [0, 0.05) is 6.61 Å². The smallest absolute Gasteiger partial charge is 0.229 e. The quantitative estimate of drug-likeness (QED) is 0.497. The second-order valence-corrected chi connectivity index (χ2v) is 4.06. The van der Waals surface area contributed by atoms with Gasteiger partial charge in [-0.1, -0.05) is 43.7 Å². The second-order valence-electron chi connectivity index (χ2n) is 2.98. The van der Waals surface area contributed by atoms with Gasteiger partial charge in [-0.3, -0.25) is 0 Å². The third kappa shape index (κ3) is 4.86. The zero-order chi connectivity index (χ0) is 9.36. The molecule has 0 aromatic heterocycles. The molecule has 1 aromatic rings. The van der Waals surface area contributed by atoms with Gasteiger partial charge in [-0.2, -0.15) is 0 Å². The molecule has 13 heavy (non-hydrogen) atoms. The molecule has 0 heterocycles. The van der Waals surface area contributed by atoms with E-state index in [-0.39, 0.29) is 0 Å². The molecular formula is C11H16OSi. The van der Waals surface area contributed by atoms with E-state index in [4.69, 9.17) is 4.43 Å². The van der Waals surface area contributed by atoms with E-state index in [0.29, 0.717) is 9.76 Å². The summed E-state index contributed by atoms with van der Waals surface area (Å²) in [5, 5.41) is 0. The third-order valence-electron chi connectivity index (χ3n) is 1.79. The SMILES string of the molecule is CCC[Si]OCCc1ccccc1. The van der Waals surface area contributed by atoms with Crippen LogP contribution in [-0.4, -0.2) is 16.4 Å². The van der Waals surface area contributed by atoms with Crippen LogP contribution in [0.25, 0.3) is 0 Å². The molecule has 1 aromatic carbocycles. The maximum atomic E-state index is 5.51. The molecule has 0 spiro atoms. The van der Waals surface area contributed by atoms with Crippen LogP contribution in [-0.2, 0) is 10.8 Å². The first-order valence-corrected chi connectivity index (χ1v) is 5.93. The maximum Gasteiger partial charge on any atom is 0.229 e. The van der Waals surface area contributed by atoms with Gasteiger partial charge in [0.15, 0.2) is 0 Å². The lowest BCUT2D eigenvalue weighted by atomic mass is 10.2. The fourth-order valence-electron chi connectivity index (χ4n) is 1.06. The maximum absolute atomic E-state index is 5.51. The molecule has 0 saturated carbocycles. The lowest BCUT2D eigenvalue weighted by Crippen LogP contribution is -2.02. The molecule has 0 atom stereocenters. The van der Waals surface area contributed by atoms with Gasteiger partial charge < -0.3 is 4.43 Å². The van der Waals surface area contributed by atoms with E-state index in [1.54, 1.807) is 0 Å². The van der Waals surface area contributed by atoms with Crippen molar-refractivity contribution in [1.29, 1.82) is 0 Å². The van der Waals surface area contributed by atoms with Gasteiger partial charge in [0.25, 0.3) is 0 Å². The zero-order valence-electron chi connectivity index (χ0n) is 8.12. The van der Waals surface area contributed by atoms with Crippen LogP contribution in [0.5, 0.6) is 0 Å². The highest BCUT2D eigenvalue weighted by molar-refractivity contribution is 6.26. The lowest BCUT2D eigenvalue weighted by molar-refractivity contribution is 0.339. The van der Waals surface area contributed by atoms with Crippen LogP contribution in [0, 0.1) is 0 Å². The number of hydrogen-bond donors (Lipinski definition) is 0. The Hall–Kier alpha value is -0.603. The summed E-state index contributed by atoms with van der Waals surface area (Å²) in [4.78, 5) is 0. The summed E-state index contributed by atoms with van der Waals surface area (Å²) < 4.78 is 5.51. The molecule has 0 amide bonds. The van der Waals surface area contributed by atoms with Crippen molar-refractivity contribution in [3.63, 3.8) is 0 Å². The van der Waals surface area contributed by atoms with Crippen LogP contribution in [0.3, 0.4) is 0 Å². The molecule has 2 radical (unpaired) electrons. The number of benzene rings is 1. The van der Waals surface area contributed by atoms with Gasteiger partial charge in [0.2, 0.25) is 9.76 Å². The standard InChI is InChI=1S/C11H16OSi/c1-2-10-13-12-9-8-11-6-4-3-5-7-11/h3-7H,2,8-10H2,1H3. The van der Waals surface area contributed by atoms with Crippen molar-refractivity contribution in [2.24, 2.45) is 0 Å². The molecule has 0 N–H and O–H groups in total. The second kappa shape index (κ2) is 6.86. The molecular weight excluding hydrogens is 176 g/mol. The molecule has 0 saturated heterocycles. The molecule has 0 unspecified atom stereocenters. The van der Waals surface area contributed by atoms with Gasteiger partial charge in [-0.25, -0.2) is 0 Å². The van der Waals surface area contributed by atoms with Gasteiger partial charge in [0.05, 0.1) is 0 Å². The Balaban J connectivity index is 2.07. The van der Waals surface area contributed by atoms with Crippen molar-refractivity contribution < 1.29 is 4.43 Å². The third-order valence-corrected chi connectivity index (χ3v) is 2.90. The molecule has 0 aliphatic heterocycles. The van der Waals surface area contributed by atoms with E-state index in [9.17, 15) is 0 Å². The largest absolute Gasteiger partial charge is 0.417 e. The highest BCUT2D eigenvalue weighted by Crippen LogP contribution is 1.99. The molecule has 70 valence electrons. The van der Waals surface area contributed by atoms with E-state index >= 15 is 0 Å². The monoisotopic (exact) mass is 192 g/mol. The van der Waals surface area contributed by atoms with Crippen LogP contribution in [0.4, 0.5) is 0 Å². The van der Waals surface area contributed by atoms with Gasteiger partial charge in [0.1, 0.15) is 0 Å². The van der Waals surface area contributed by atoms with Crippen LogP contribution in [0.2, 0.25) is 6.04 Å². The number of rotatable bonds is 6. The van der Waals surface area contributed by atoms with E-state index in [1.165, 1.54) is 18.0 Å². The number of hydrogen-bond acceptors (Lipinski definition) is 1. The summed E-state index contributed by atoms with van der Waals surface area (Å²) in [6.07, 6.45) is 2.27. The van der Waals surface area contributed by atoms with Gasteiger partial charge in [-0.15, -0.1) is 0 Å².